The zero-order valence-electron chi connectivity index (χ0n) is 69.1. The van der Waals surface area contributed by atoms with E-state index < -0.39 is 5.91 Å². The summed E-state index contributed by atoms with van der Waals surface area (Å²) in [7, 11) is 7.25. The normalized spacial score (nSPS) is 10.8. The predicted octanol–water partition coefficient (Wildman–Crippen LogP) is 12.2. The Morgan fingerprint density at radius 3 is 0.960 bits per heavy atom. The van der Waals surface area contributed by atoms with Crippen LogP contribution in [0.4, 0.5) is 23.3 Å². The molecule has 16 aromatic rings. The second-order valence-corrected chi connectivity index (χ2v) is 28.1. The molecule has 0 bridgehead atoms. The van der Waals surface area contributed by atoms with Crippen LogP contribution >= 0.6 is 0 Å². The zero-order valence-corrected chi connectivity index (χ0v) is 69.1. The van der Waals surface area contributed by atoms with Crippen LogP contribution in [0.15, 0.2) is 269 Å². The molecule has 632 valence electrons. The number of hydrogen-bond donors (Lipinski definition) is 6. The minimum absolute atomic E-state index is 0.151. The summed E-state index contributed by atoms with van der Waals surface area (Å²) in [4.78, 5) is 85.6. The van der Waals surface area contributed by atoms with Crippen LogP contribution in [0.2, 0.25) is 0 Å². The molecule has 0 saturated carbocycles. The quantitative estimate of drug-likeness (QED) is 0.0196. The number of terminal acetylenes is 2. The standard InChI is InChI=1S/C25H27N7O2.C23H22N6O2.C23H20N6O2.C22H18N6O2/c1-31(2)15-6-9-21(33)27-14-16-32-25-22(24(26)28-17-29-25)23(30-32)18-10-12-20(13-11-18)34-19-7-4-3-5-8-19;2*1-3-19(30)28(2)13-14-29-23-20(22(24)25-15-26-23)21(27-29)16-9-11-18(12-10-16)31-17-7-5-4-6-8-17;1-2-18(29)24-12-13-28-22-19(21(23)25-14-26-22)20(27-28)15-8-10-17(11-9-15)30-16-6-4-3-5-7-16/h3-13,17H,14-16H2,1-2H3,(H,27,33)(H2,26,28,29);3-12,15H,1,13-14H2,2H3,(H2,24,25,26);1,4-12,15H,13-14H2,2H3,(H2,24,25,26);1,3-11,14H,12-13H2,(H,24,29)(H2,23,25,26)/b9-6+;;;. The highest BCUT2D eigenvalue weighted by Crippen LogP contribution is 2.37. The van der Waals surface area contributed by atoms with Crippen molar-refractivity contribution in [2.75, 3.05) is 83.8 Å². The van der Waals surface area contributed by atoms with E-state index in [0.29, 0.717) is 172 Å². The predicted molar refractivity (Wildman–Crippen MR) is 484 cm³/mol. The minimum Gasteiger partial charge on any atom is -0.457 e. The molecule has 8 aromatic carbocycles. The maximum absolute atomic E-state index is 12.0. The van der Waals surface area contributed by atoms with Crippen LogP contribution in [-0.4, -0.2) is 178 Å². The van der Waals surface area contributed by atoms with Gasteiger partial charge >= 0.3 is 0 Å². The second-order valence-electron chi connectivity index (χ2n) is 28.1. The molecule has 0 saturated heterocycles. The molecule has 0 spiro atoms. The Kier molecular flexibility index (Phi) is 28.6. The number of likely N-dealkylation sites (N-methyl/N-ethyl adjacent to an activating group) is 3. The van der Waals surface area contributed by atoms with Crippen LogP contribution in [0.25, 0.3) is 89.2 Å². The number of nitrogens with zero attached hydrogens (tertiary/aromatic N) is 19. The number of fused-ring (bicyclic) bond motifs is 4. The Morgan fingerprint density at radius 1 is 0.389 bits per heavy atom. The number of amides is 4. The van der Waals surface area contributed by atoms with Gasteiger partial charge in [-0.2, -0.15) is 20.4 Å². The molecule has 0 aliphatic heterocycles. The van der Waals surface area contributed by atoms with E-state index in [0.717, 1.165) is 45.3 Å². The maximum Gasteiger partial charge on any atom is 0.298 e. The third-order valence-electron chi connectivity index (χ3n) is 19.1. The lowest BCUT2D eigenvalue weighted by Crippen LogP contribution is -2.29. The average Bonchev–Trinajstić information content (AvgIpc) is 1.64. The molecular formula is C93H87N25O8. The molecule has 0 fully saturated rings. The molecule has 0 aliphatic rings. The number of benzene rings is 8. The molecule has 0 aliphatic carbocycles. The maximum atomic E-state index is 12.0. The smallest absolute Gasteiger partial charge is 0.298 e. The summed E-state index contributed by atoms with van der Waals surface area (Å²) in [5, 5.41) is 26.9. The number of carbonyl (C=O) groups is 4. The first-order valence-electron chi connectivity index (χ1n) is 39.4. The van der Waals surface area contributed by atoms with Crippen molar-refractivity contribution in [2.24, 2.45) is 0 Å². The lowest BCUT2D eigenvalue weighted by molar-refractivity contribution is -0.125. The SMILES string of the molecule is C#CC(=O)N(C)CCn1nc(-c2ccc(Oc3ccccc3)cc2)c2c(N)ncnc21.C#CC(=O)NCCn1nc(-c2ccc(Oc3ccccc3)cc2)c2c(N)ncnc21.C=CC(=O)N(C)CCn1nc(-c2ccc(Oc3ccccc3)cc2)c2c(N)ncnc21.CN(C)C/C=C/C(=O)NCCn1nc(-c2ccc(Oc3ccccc3)cc2)c2c(N)ncnc21. The fourth-order valence-corrected chi connectivity index (χ4v) is 12.8. The summed E-state index contributed by atoms with van der Waals surface area (Å²) < 4.78 is 30.3. The molecule has 8 aromatic heterocycles. The van der Waals surface area contributed by atoms with Gasteiger partial charge in [-0.05, 0) is 178 Å². The number of nitrogens with one attached hydrogen (secondary N) is 2. The van der Waals surface area contributed by atoms with Crippen LogP contribution in [0.3, 0.4) is 0 Å². The van der Waals surface area contributed by atoms with Crippen molar-refractivity contribution in [1.29, 1.82) is 0 Å². The zero-order chi connectivity index (χ0) is 88.4. The molecule has 0 atom stereocenters. The van der Waals surface area contributed by atoms with Gasteiger partial charge in [-0.1, -0.05) is 85.5 Å². The van der Waals surface area contributed by atoms with E-state index in [9.17, 15) is 19.2 Å². The first-order valence-corrected chi connectivity index (χ1v) is 39.4. The van der Waals surface area contributed by atoms with Crippen molar-refractivity contribution < 1.29 is 38.1 Å². The second kappa shape index (κ2) is 41.7. The molecule has 33 nitrogen and oxygen atoms in total. The molecular weight excluding hydrogens is 1600 g/mol. The van der Waals surface area contributed by atoms with Crippen LogP contribution in [0, 0.1) is 24.7 Å². The fraction of sp³-hybridized carbons (Fsp3) is 0.140. The van der Waals surface area contributed by atoms with Gasteiger partial charge in [0.25, 0.3) is 11.8 Å². The number of aromatic nitrogens is 16. The van der Waals surface area contributed by atoms with Crippen molar-refractivity contribution >= 4 is 91.0 Å². The number of ether oxygens (including phenoxy) is 4. The lowest BCUT2D eigenvalue weighted by atomic mass is 10.1. The van der Waals surface area contributed by atoms with Gasteiger partial charge in [-0.15, -0.1) is 12.8 Å². The number of para-hydroxylation sites is 4. The Morgan fingerprint density at radius 2 is 0.675 bits per heavy atom. The van der Waals surface area contributed by atoms with E-state index in [-0.39, 0.29) is 17.7 Å². The molecule has 0 radical (unpaired) electrons. The van der Waals surface area contributed by atoms with Crippen molar-refractivity contribution in [3.05, 3.63) is 269 Å². The van der Waals surface area contributed by atoms with E-state index in [1.807, 2.05) is 249 Å². The van der Waals surface area contributed by atoms with Crippen LogP contribution in [0.5, 0.6) is 46.0 Å². The molecule has 16 rings (SSSR count). The molecule has 10 N–H and O–H groups in total. The van der Waals surface area contributed by atoms with Gasteiger partial charge < -0.3 is 67.2 Å². The van der Waals surface area contributed by atoms with Gasteiger partial charge in [0.1, 0.15) is 117 Å². The van der Waals surface area contributed by atoms with E-state index in [4.69, 9.17) is 70.0 Å². The number of carbonyl (C=O) groups excluding carboxylic acids is 4. The highest BCUT2D eigenvalue weighted by molar-refractivity contribution is 6.02. The average molecular weight is 1680 g/mol. The lowest BCUT2D eigenvalue weighted by Gasteiger charge is -2.14. The number of hydrogen-bond acceptors (Lipinski definition) is 25. The molecule has 8 heterocycles. The Hall–Kier alpha value is -17.2. The van der Waals surface area contributed by atoms with Gasteiger partial charge in [0.15, 0.2) is 22.6 Å². The monoisotopic (exact) mass is 1680 g/mol. The first kappa shape index (κ1) is 86.6. The van der Waals surface area contributed by atoms with Crippen molar-refractivity contribution in [2.45, 2.75) is 26.2 Å². The van der Waals surface area contributed by atoms with Gasteiger partial charge in [0, 0.05) is 75.1 Å². The number of nitrogen functional groups attached to an aromatic ring is 4. The van der Waals surface area contributed by atoms with Crippen molar-refractivity contribution in [1.82, 2.24) is 104 Å². The molecule has 0 unspecified atom stereocenters. The van der Waals surface area contributed by atoms with Crippen LogP contribution < -0.4 is 52.5 Å². The van der Waals surface area contributed by atoms with Crippen LogP contribution in [-0.2, 0) is 45.4 Å². The summed E-state index contributed by atoms with van der Waals surface area (Å²) in [5.74, 6) is 10.2. The first-order chi connectivity index (χ1) is 61.3. The highest BCUT2D eigenvalue weighted by atomic mass is 16.5. The molecule has 4 amide bonds. The van der Waals surface area contributed by atoms with E-state index in [1.165, 1.54) is 42.4 Å². The van der Waals surface area contributed by atoms with Gasteiger partial charge in [-0.25, -0.2) is 58.6 Å². The third-order valence-corrected chi connectivity index (χ3v) is 19.1. The summed E-state index contributed by atoms with van der Waals surface area (Å²) in [6.07, 6.45) is 20.5. The Bertz CT molecular complexity index is 6580. The van der Waals surface area contributed by atoms with Crippen molar-refractivity contribution in [3.8, 4) is 116 Å². The largest absolute Gasteiger partial charge is 0.457 e. The highest BCUT2D eigenvalue weighted by Gasteiger charge is 2.23. The number of anilines is 4. The summed E-state index contributed by atoms with van der Waals surface area (Å²) >= 11 is 0. The van der Waals surface area contributed by atoms with Gasteiger partial charge in [0.05, 0.1) is 47.7 Å². The van der Waals surface area contributed by atoms with Crippen LogP contribution in [0.1, 0.15) is 0 Å². The van der Waals surface area contributed by atoms with E-state index >= 15 is 0 Å². The fourth-order valence-electron chi connectivity index (χ4n) is 12.8. The van der Waals surface area contributed by atoms with Gasteiger partial charge in [0.2, 0.25) is 11.8 Å². The van der Waals surface area contributed by atoms with E-state index in [1.54, 1.807) is 37.7 Å². The number of rotatable bonds is 28. The van der Waals surface area contributed by atoms with E-state index in [2.05, 4.69) is 68.1 Å². The summed E-state index contributed by atoms with van der Waals surface area (Å²) in [5.41, 5.74) is 33.1. The molecule has 126 heavy (non-hydrogen) atoms. The third kappa shape index (κ3) is 22.1. The topological polar surface area (TPSA) is 417 Å². The Balaban J connectivity index is 0.000000144. The van der Waals surface area contributed by atoms with Gasteiger partial charge in [-0.3, -0.25) is 19.2 Å². The number of nitrogens with two attached hydrogens (primary N) is 4. The summed E-state index contributed by atoms with van der Waals surface area (Å²) in [6.45, 7) is 7.45. The molecule has 33 heteroatoms. The summed E-state index contributed by atoms with van der Waals surface area (Å²) in [6, 6.07) is 68.5. The minimum atomic E-state index is -0.477. The van der Waals surface area contributed by atoms with Crippen molar-refractivity contribution in [3.63, 3.8) is 0 Å². The Labute approximate surface area is 724 Å².